The van der Waals surface area contributed by atoms with E-state index in [1.54, 1.807) is 42.9 Å². The number of hydrogen-bond acceptors (Lipinski definition) is 8. The van der Waals surface area contributed by atoms with Gasteiger partial charge in [0.05, 0.1) is 56.7 Å². The second-order valence-corrected chi connectivity index (χ2v) is 13.7. The molecule has 0 radical (unpaired) electrons. The molecule has 6 rings (SSSR count). The highest BCUT2D eigenvalue weighted by Crippen LogP contribution is 2.38. The number of halogens is 3. The van der Waals surface area contributed by atoms with Crippen molar-refractivity contribution in [1.82, 2.24) is 4.57 Å². The second-order valence-electron chi connectivity index (χ2n) is 11.0. The molecule has 0 amide bonds. The molecule has 0 aliphatic carbocycles. The van der Waals surface area contributed by atoms with Crippen LogP contribution in [0.5, 0.6) is 17.2 Å². The van der Waals surface area contributed by atoms with Gasteiger partial charge >= 0.3 is 5.97 Å². The van der Waals surface area contributed by atoms with Gasteiger partial charge in [-0.25, -0.2) is 9.79 Å². The zero-order valence-electron chi connectivity index (χ0n) is 27.2. The number of thiazole rings is 1. The Labute approximate surface area is 311 Å². The maximum atomic E-state index is 14.4. The summed E-state index contributed by atoms with van der Waals surface area (Å²) in [5, 5.41) is 0.897. The van der Waals surface area contributed by atoms with Crippen molar-refractivity contribution in [3.63, 3.8) is 0 Å². The Kier molecular flexibility index (Phi) is 11.1. The first-order valence-corrected chi connectivity index (χ1v) is 18.0. The molecule has 1 aliphatic heterocycles. The lowest BCUT2D eigenvalue weighted by atomic mass is 9.93. The van der Waals surface area contributed by atoms with Crippen LogP contribution in [0.1, 0.15) is 42.1 Å². The summed E-state index contributed by atoms with van der Waals surface area (Å²) in [5.41, 5.74) is 3.37. The summed E-state index contributed by atoms with van der Waals surface area (Å²) in [4.78, 5) is 33.5. The molecule has 2 heterocycles. The van der Waals surface area contributed by atoms with Crippen LogP contribution in [0.2, 0.25) is 10.0 Å². The Balaban J connectivity index is 1.47. The molecule has 0 unspecified atom stereocenters. The third kappa shape index (κ3) is 7.39. The monoisotopic (exact) mass is 792 g/mol. The average molecular weight is 795 g/mol. The third-order valence-electron chi connectivity index (χ3n) is 7.80. The number of aromatic nitrogens is 1. The Morgan fingerprint density at radius 1 is 0.960 bits per heavy atom. The molecule has 256 valence electrons. The average Bonchev–Trinajstić information content (AvgIpc) is 3.43. The van der Waals surface area contributed by atoms with Gasteiger partial charge in [0.2, 0.25) is 0 Å². The fourth-order valence-electron chi connectivity index (χ4n) is 5.57. The van der Waals surface area contributed by atoms with Crippen LogP contribution in [0.25, 0.3) is 11.8 Å². The first kappa shape index (κ1) is 35.5. The van der Waals surface area contributed by atoms with Crippen molar-refractivity contribution in [2.24, 2.45) is 4.99 Å². The maximum Gasteiger partial charge on any atom is 0.338 e. The summed E-state index contributed by atoms with van der Waals surface area (Å²) in [6.45, 7) is 4.55. The van der Waals surface area contributed by atoms with Gasteiger partial charge in [-0.2, -0.15) is 0 Å². The van der Waals surface area contributed by atoms with E-state index in [1.165, 1.54) is 11.3 Å². The molecule has 50 heavy (non-hydrogen) atoms. The van der Waals surface area contributed by atoms with E-state index in [-0.39, 0.29) is 24.3 Å². The smallest absolute Gasteiger partial charge is 0.338 e. The summed E-state index contributed by atoms with van der Waals surface area (Å²) in [6.07, 6.45) is 1.77. The molecule has 1 aliphatic rings. The van der Waals surface area contributed by atoms with Crippen molar-refractivity contribution in [2.75, 3.05) is 20.3 Å². The summed E-state index contributed by atoms with van der Waals surface area (Å²) in [5.74, 6) is 1.08. The molecule has 8 nitrogen and oxygen atoms in total. The van der Waals surface area contributed by atoms with E-state index in [0.717, 1.165) is 11.1 Å². The van der Waals surface area contributed by atoms with Crippen LogP contribution < -0.4 is 29.1 Å². The van der Waals surface area contributed by atoms with Crippen LogP contribution in [0.3, 0.4) is 0 Å². The van der Waals surface area contributed by atoms with Crippen LogP contribution >= 0.6 is 50.5 Å². The minimum atomic E-state index is -0.809. The van der Waals surface area contributed by atoms with E-state index in [9.17, 15) is 9.59 Å². The van der Waals surface area contributed by atoms with E-state index in [2.05, 4.69) is 15.9 Å². The van der Waals surface area contributed by atoms with E-state index < -0.39 is 12.0 Å². The molecule has 0 saturated carbocycles. The van der Waals surface area contributed by atoms with Crippen molar-refractivity contribution in [2.45, 2.75) is 26.5 Å². The fourth-order valence-corrected chi connectivity index (χ4v) is 7.46. The number of carbonyl (C=O) groups excluding carboxylic acids is 1. The predicted molar refractivity (Wildman–Crippen MR) is 200 cm³/mol. The van der Waals surface area contributed by atoms with Gasteiger partial charge in [0, 0.05) is 5.56 Å². The number of rotatable bonds is 11. The lowest BCUT2D eigenvalue weighted by Gasteiger charge is -2.26. The standard InChI is InChI=1S/C38H31BrCl2N2O6S/c1-4-47-26-14-12-25(13-15-26)34-32(37(45)48-5-2)33(24-9-7-6-8-10-24)42-38-43(34)36(44)31(50-38)20-23-17-27(39)35(30(19-23)46-3)49-21-22-11-16-28(40)29(41)18-22/h6-20,34H,4-5,21H2,1-3H3/b31-20-/t34-/m1/s1. The Hall–Kier alpha value is -4.35. The second kappa shape index (κ2) is 15.7. The quantitative estimate of drug-likeness (QED) is 0.126. The SMILES string of the molecule is CCOC(=O)C1=C(c2ccccc2)N=c2s/c(=C\c3cc(Br)c(OCc4ccc(Cl)c(Cl)c4)c(OC)c3)c(=O)n2[C@@H]1c1ccc(OCC)cc1. The number of hydrogen-bond donors (Lipinski definition) is 0. The number of ether oxygens (including phenoxy) is 4. The highest BCUT2D eigenvalue weighted by Gasteiger charge is 2.35. The summed E-state index contributed by atoms with van der Waals surface area (Å²) < 4.78 is 25.6. The summed E-state index contributed by atoms with van der Waals surface area (Å²) >= 11 is 17.1. The van der Waals surface area contributed by atoms with Gasteiger partial charge in [-0.15, -0.1) is 0 Å². The molecule has 0 N–H and O–H groups in total. The molecule has 5 aromatic rings. The van der Waals surface area contributed by atoms with Gasteiger partial charge in [0.1, 0.15) is 12.4 Å². The molecule has 4 aromatic carbocycles. The van der Waals surface area contributed by atoms with Crippen molar-refractivity contribution < 1.29 is 23.7 Å². The zero-order valence-corrected chi connectivity index (χ0v) is 31.2. The number of esters is 1. The van der Waals surface area contributed by atoms with Crippen LogP contribution in [-0.2, 0) is 16.1 Å². The molecule has 0 spiro atoms. The first-order chi connectivity index (χ1) is 24.2. The van der Waals surface area contributed by atoms with Crippen LogP contribution in [-0.4, -0.2) is 30.9 Å². The van der Waals surface area contributed by atoms with Gasteiger partial charge in [-0.3, -0.25) is 9.36 Å². The topological polar surface area (TPSA) is 88.4 Å². The molecule has 1 atom stereocenters. The molecule has 0 saturated heterocycles. The van der Waals surface area contributed by atoms with Gasteiger partial charge < -0.3 is 18.9 Å². The largest absolute Gasteiger partial charge is 0.494 e. The number of carbonyl (C=O) groups is 1. The maximum absolute atomic E-state index is 14.4. The van der Waals surface area contributed by atoms with Gasteiger partial charge in [-0.1, -0.05) is 83.1 Å². The third-order valence-corrected chi connectivity index (χ3v) is 10.1. The Morgan fingerprint density at radius 2 is 1.72 bits per heavy atom. The summed E-state index contributed by atoms with van der Waals surface area (Å²) in [6, 6.07) is 24.9. The molecule has 0 bridgehead atoms. The number of methoxy groups -OCH3 is 1. The van der Waals surface area contributed by atoms with E-state index in [1.807, 2.05) is 73.7 Å². The Morgan fingerprint density at radius 3 is 2.40 bits per heavy atom. The molecule has 0 fully saturated rings. The van der Waals surface area contributed by atoms with E-state index in [0.29, 0.717) is 64.5 Å². The predicted octanol–water partition coefficient (Wildman–Crippen LogP) is 7.99. The lowest BCUT2D eigenvalue weighted by molar-refractivity contribution is -0.138. The fraction of sp³-hybridized carbons (Fsp3) is 0.184. The van der Waals surface area contributed by atoms with Crippen molar-refractivity contribution >= 4 is 68.2 Å². The number of benzene rings is 4. The number of fused-ring (bicyclic) bond motifs is 1. The zero-order chi connectivity index (χ0) is 35.4. The van der Waals surface area contributed by atoms with E-state index >= 15 is 0 Å². The molecular weight excluding hydrogens is 763 g/mol. The Bertz CT molecular complexity index is 2270. The highest BCUT2D eigenvalue weighted by atomic mass is 79.9. The number of nitrogens with zero attached hydrogens (tertiary/aromatic N) is 2. The minimum Gasteiger partial charge on any atom is -0.494 e. The van der Waals surface area contributed by atoms with Crippen molar-refractivity contribution in [1.29, 1.82) is 0 Å². The lowest BCUT2D eigenvalue weighted by Crippen LogP contribution is -2.40. The van der Waals surface area contributed by atoms with Gasteiger partial charge in [0.25, 0.3) is 5.56 Å². The van der Waals surface area contributed by atoms with Crippen LogP contribution in [0.4, 0.5) is 0 Å². The van der Waals surface area contributed by atoms with Gasteiger partial charge in [0.15, 0.2) is 16.3 Å². The van der Waals surface area contributed by atoms with Crippen molar-refractivity contribution in [3.8, 4) is 17.2 Å². The summed E-state index contributed by atoms with van der Waals surface area (Å²) in [7, 11) is 1.55. The van der Waals surface area contributed by atoms with Crippen molar-refractivity contribution in [3.05, 3.63) is 147 Å². The molecular formula is C38H31BrCl2N2O6S. The van der Waals surface area contributed by atoms with E-state index in [4.69, 9.17) is 47.1 Å². The van der Waals surface area contributed by atoms with Crippen LogP contribution in [0.15, 0.2) is 105 Å². The molecule has 12 heteroatoms. The van der Waals surface area contributed by atoms with Crippen LogP contribution in [0, 0.1) is 0 Å². The minimum absolute atomic E-state index is 0.161. The highest BCUT2D eigenvalue weighted by molar-refractivity contribution is 9.10. The normalized spacial score (nSPS) is 14.2. The first-order valence-electron chi connectivity index (χ1n) is 15.7. The van der Waals surface area contributed by atoms with Gasteiger partial charge in [-0.05, 0) is 88.9 Å². The molecule has 1 aromatic heterocycles.